The number of aliphatic imine (C=N–C) groups is 1. The van der Waals surface area contributed by atoms with Gasteiger partial charge in [-0.2, -0.15) is 0 Å². The molecular formula is C24H34IN3O3. The summed E-state index contributed by atoms with van der Waals surface area (Å²) in [5.74, 6) is 2.61. The summed E-state index contributed by atoms with van der Waals surface area (Å²) in [5.41, 5.74) is 2.51. The van der Waals surface area contributed by atoms with Gasteiger partial charge in [-0.3, -0.25) is 4.99 Å². The van der Waals surface area contributed by atoms with Crippen molar-refractivity contribution in [1.29, 1.82) is 0 Å². The van der Waals surface area contributed by atoms with E-state index >= 15 is 0 Å². The molecule has 0 aromatic heterocycles. The van der Waals surface area contributed by atoms with Gasteiger partial charge < -0.3 is 24.8 Å². The smallest absolute Gasteiger partial charge is 0.191 e. The lowest BCUT2D eigenvalue weighted by molar-refractivity contribution is 0.0513. The van der Waals surface area contributed by atoms with Gasteiger partial charge in [-0.1, -0.05) is 30.3 Å². The van der Waals surface area contributed by atoms with Crippen LogP contribution >= 0.6 is 24.0 Å². The molecule has 0 radical (unpaired) electrons. The Bertz CT molecular complexity index is 821. The minimum atomic E-state index is 0. The fourth-order valence-corrected chi connectivity index (χ4v) is 3.97. The van der Waals surface area contributed by atoms with E-state index in [0.29, 0.717) is 0 Å². The van der Waals surface area contributed by atoms with Crippen molar-refractivity contribution >= 4 is 29.9 Å². The summed E-state index contributed by atoms with van der Waals surface area (Å²) in [5, 5.41) is 6.97. The number of nitrogens with one attached hydrogen (secondary N) is 2. The van der Waals surface area contributed by atoms with E-state index in [1.165, 1.54) is 11.1 Å². The van der Waals surface area contributed by atoms with Gasteiger partial charge in [0, 0.05) is 38.8 Å². The first kappa shape index (κ1) is 25.3. The van der Waals surface area contributed by atoms with Crippen LogP contribution in [0.15, 0.2) is 53.5 Å². The molecule has 170 valence electrons. The van der Waals surface area contributed by atoms with Gasteiger partial charge in [-0.05, 0) is 48.6 Å². The maximum Gasteiger partial charge on any atom is 0.191 e. The van der Waals surface area contributed by atoms with Gasteiger partial charge >= 0.3 is 0 Å². The van der Waals surface area contributed by atoms with E-state index in [0.717, 1.165) is 63.0 Å². The molecule has 2 N–H and O–H groups in total. The predicted octanol–water partition coefficient (Wildman–Crippen LogP) is 3.78. The first-order valence-electron chi connectivity index (χ1n) is 10.5. The Morgan fingerprint density at radius 2 is 1.71 bits per heavy atom. The molecule has 2 aromatic rings. The van der Waals surface area contributed by atoms with E-state index in [1.807, 2.05) is 37.4 Å². The van der Waals surface area contributed by atoms with Crippen LogP contribution in [0.5, 0.6) is 11.5 Å². The summed E-state index contributed by atoms with van der Waals surface area (Å²) in [6, 6.07) is 16.5. The average molecular weight is 539 g/mol. The van der Waals surface area contributed by atoms with Crippen LogP contribution in [0.4, 0.5) is 0 Å². The van der Waals surface area contributed by atoms with Crippen molar-refractivity contribution in [3.63, 3.8) is 0 Å². The molecule has 0 atom stereocenters. The highest BCUT2D eigenvalue weighted by Gasteiger charge is 2.34. The van der Waals surface area contributed by atoms with Gasteiger partial charge in [0.15, 0.2) is 5.96 Å². The fourth-order valence-electron chi connectivity index (χ4n) is 3.97. The molecule has 0 saturated carbocycles. The number of benzene rings is 2. The topological polar surface area (TPSA) is 64.1 Å². The first-order valence-corrected chi connectivity index (χ1v) is 10.5. The quantitative estimate of drug-likeness (QED) is 0.304. The van der Waals surface area contributed by atoms with Gasteiger partial charge in [-0.25, -0.2) is 0 Å². The number of hydrogen-bond acceptors (Lipinski definition) is 4. The minimum Gasteiger partial charge on any atom is -0.497 e. The van der Waals surface area contributed by atoms with Crippen molar-refractivity contribution in [2.24, 2.45) is 4.99 Å². The number of halogens is 1. The second kappa shape index (κ2) is 12.8. The molecule has 7 heteroatoms. The minimum absolute atomic E-state index is 0. The SMILES string of the molecule is CN=C(NCCc1ccccc1OC)NCC1(c2ccc(OC)cc2)CCOCC1.I. The molecule has 31 heavy (non-hydrogen) atoms. The number of hydrogen-bond donors (Lipinski definition) is 2. The average Bonchev–Trinajstić information content (AvgIpc) is 2.82. The van der Waals surface area contributed by atoms with Crippen molar-refractivity contribution in [2.75, 3.05) is 47.6 Å². The zero-order valence-corrected chi connectivity index (χ0v) is 21.0. The van der Waals surface area contributed by atoms with Crippen molar-refractivity contribution < 1.29 is 14.2 Å². The molecule has 1 saturated heterocycles. The number of methoxy groups -OCH3 is 2. The van der Waals surface area contributed by atoms with Gasteiger partial charge in [0.1, 0.15) is 11.5 Å². The zero-order valence-electron chi connectivity index (χ0n) is 18.6. The molecule has 0 unspecified atom stereocenters. The molecule has 1 aliphatic rings. The van der Waals surface area contributed by atoms with Gasteiger partial charge in [0.05, 0.1) is 14.2 Å². The normalized spacial score (nSPS) is 15.5. The Kier molecular flexibility index (Phi) is 10.4. The lowest BCUT2D eigenvalue weighted by Crippen LogP contribution is -2.48. The van der Waals surface area contributed by atoms with Crippen LogP contribution in [0.1, 0.15) is 24.0 Å². The number of nitrogens with zero attached hydrogens (tertiary/aromatic N) is 1. The monoisotopic (exact) mass is 539 g/mol. The Morgan fingerprint density at radius 1 is 1.00 bits per heavy atom. The van der Waals surface area contributed by atoms with Crippen LogP contribution in [0.3, 0.4) is 0 Å². The van der Waals surface area contributed by atoms with E-state index in [2.05, 4.69) is 33.8 Å². The second-order valence-electron chi connectivity index (χ2n) is 7.54. The van der Waals surface area contributed by atoms with E-state index in [9.17, 15) is 0 Å². The molecule has 6 nitrogen and oxygen atoms in total. The van der Waals surface area contributed by atoms with E-state index in [1.54, 1.807) is 14.2 Å². The summed E-state index contributed by atoms with van der Waals surface area (Å²) in [7, 11) is 5.21. The largest absolute Gasteiger partial charge is 0.497 e. The summed E-state index contributed by atoms with van der Waals surface area (Å²) < 4.78 is 16.4. The lowest BCUT2D eigenvalue weighted by Gasteiger charge is -2.38. The molecule has 0 aliphatic carbocycles. The van der Waals surface area contributed by atoms with Crippen LogP contribution in [0.25, 0.3) is 0 Å². The molecule has 0 spiro atoms. The Balaban J connectivity index is 0.00000341. The molecular weight excluding hydrogens is 505 g/mol. The summed E-state index contributed by atoms with van der Waals surface area (Å²) in [6.45, 7) is 3.12. The van der Waals surface area contributed by atoms with Gasteiger partial charge in [0.2, 0.25) is 0 Å². The highest BCUT2D eigenvalue weighted by atomic mass is 127. The fraction of sp³-hybridized carbons (Fsp3) is 0.458. The van der Waals surface area contributed by atoms with E-state index in [-0.39, 0.29) is 29.4 Å². The van der Waals surface area contributed by atoms with Crippen molar-refractivity contribution in [1.82, 2.24) is 10.6 Å². The summed E-state index contributed by atoms with van der Waals surface area (Å²) >= 11 is 0. The summed E-state index contributed by atoms with van der Waals surface area (Å²) in [4.78, 5) is 4.41. The highest BCUT2D eigenvalue weighted by molar-refractivity contribution is 14.0. The third-order valence-corrected chi connectivity index (χ3v) is 5.85. The highest BCUT2D eigenvalue weighted by Crippen LogP contribution is 2.35. The predicted molar refractivity (Wildman–Crippen MR) is 136 cm³/mol. The van der Waals surface area contributed by atoms with E-state index in [4.69, 9.17) is 14.2 Å². The first-order chi connectivity index (χ1) is 14.7. The molecule has 3 rings (SSSR count). The van der Waals surface area contributed by atoms with Crippen LogP contribution in [0, 0.1) is 0 Å². The molecule has 1 fully saturated rings. The van der Waals surface area contributed by atoms with Crippen molar-refractivity contribution in [3.05, 3.63) is 59.7 Å². The van der Waals surface area contributed by atoms with Gasteiger partial charge in [0.25, 0.3) is 0 Å². The summed E-state index contributed by atoms with van der Waals surface area (Å²) in [6.07, 6.45) is 2.82. The molecule has 1 aliphatic heterocycles. The number of rotatable bonds is 8. The maximum absolute atomic E-state index is 5.65. The Morgan fingerprint density at radius 3 is 2.35 bits per heavy atom. The third-order valence-electron chi connectivity index (χ3n) is 5.85. The molecule has 0 amide bonds. The zero-order chi connectivity index (χ0) is 21.2. The molecule has 0 bridgehead atoms. The lowest BCUT2D eigenvalue weighted by atomic mass is 9.74. The maximum atomic E-state index is 5.65. The number of para-hydroxylation sites is 1. The number of guanidine groups is 1. The van der Waals surface area contributed by atoms with E-state index < -0.39 is 0 Å². The second-order valence-corrected chi connectivity index (χ2v) is 7.54. The Labute approximate surface area is 202 Å². The van der Waals surface area contributed by atoms with Crippen LogP contribution < -0.4 is 20.1 Å². The number of ether oxygens (including phenoxy) is 3. The Hall–Kier alpha value is -2.00. The van der Waals surface area contributed by atoms with Crippen molar-refractivity contribution in [3.8, 4) is 11.5 Å². The molecule has 1 heterocycles. The van der Waals surface area contributed by atoms with Crippen molar-refractivity contribution in [2.45, 2.75) is 24.7 Å². The third kappa shape index (κ3) is 6.74. The van der Waals surface area contributed by atoms with Crippen LogP contribution in [0.2, 0.25) is 0 Å². The van der Waals surface area contributed by atoms with Crippen LogP contribution in [-0.2, 0) is 16.6 Å². The van der Waals surface area contributed by atoms with Gasteiger partial charge in [-0.15, -0.1) is 24.0 Å². The van der Waals surface area contributed by atoms with Crippen LogP contribution in [-0.4, -0.2) is 53.5 Å². The standard InChI is InChI=1S/C24H33N3O3.HI/c1-25-23(26-15-12-19-6-4-5-7-22(19)29-3)27-18-24(13-16-30-17-14-24)20-8-10-21(28-2)11-9-20;/h4-11H,12-18H2,1-3H3,(H2,25,26,27);1H. The molecule has 2 aromatic carbocycles.